The van der Waals surface area contributed by atoms with Crippen molar-refractivity contribution in [2.75, 3.05) is 0 Å². The first-order valence-corrected chi connectivity index (χ1v) is 5.41. The van der Waals surface area contributed by atoms with Gasteiger partial charge in [-0.15, -0.1) is 0 Å². The number of carbonyl (C=O) groups excluding carboxylic acids is 2. The molecule has 0 atom stereocenters. The van der Waals surface area contributed by atoms with Gasteiger partial charge in [-0.2, -0.15) is 0 Å². The number of carbonyl (C=O) groups is 2. The van der Waals surface area contributed by atoms with Crippen LogP contribution in [0.4, 0.5) is 0 Å². The molecule has 82 valence electrons. The highest BCUT2D eigenvalue weighted by Crippen LogP contribution is 2.29. The average Bonchev–Trinajstić information content (AvgIpc) is 2.12. The van der Waals surface area contributed by atoms with Crippen molar-refractivity contribution < 1.29 is 9.59 Å². The van der Waals surface area contributed by atoms with E-state index in [1.165, 1.54) is 0 Å². The second kappa shape index (κ2) is 5.94. The van der Waals surface area contributed by atoms with Crippen LogP contribution in [0.2, 0.25) is 0 Å². The predicted octanol–water partition coefficient (Wildman–Crippen LogP) is 2.85. The van der Waals surface area contributed by atoms with E-state index in [9.17, 15) is 9.59 Å². The van der Waals surface area contributed by atoms with E-state index in [0.717, 1.165) is 25.4 Å². The first kappa shape index (κ1) is 13.3. The Labute approximate surface area is 87.1 Å². The minimum Gasteiger partial charge on any atom is -0.302 e. The van der Waals surface area contributed by atoms with Crippen molar-refractivity contribution in [3.05, 3.63) is 0 Å². The van der Waals surface area contributed by atoms with E-state index in [4.69, 9.17) is 0 Å². The highest BCUT2D eigenvalue weighted by molar-refractivity contribution is 5.83. The molecule has 0 saturated carbocycles. The highest BCUT2D eigenvalue weighted by Gasteiger charge is 2.32. The minimum absolute atomic E-state index is 0.102. The summed E-state index contributed by atoms with van der Waals surface area (Å²) in [5, 5.41) is 0. The normalized spacial score (nSPS) is 12.1. The topological polar surface area (TPSA) is 34.1 Å². The molecule has 0 radical (unpaired) electrons. The zero-order valence-corrected chi connectivity index (χ0v) is 9.75. The van der Waals surface area contributed by atoms with Gasteiger partial charge in [0.05, 0.1) is 5.41 Å². The summed E-state index contributed by atoms with van der Waals surface area (Å²) in [5.41, 5.74) is -0.741. The fourth-order valence-corrected chi connectivity index (χ4v) is 1.52. The fraction of sp³-hybridized carbons (Fsp3) is 0.833. The third kappa shape index (κ3) is 3.60. The summed E-state index contributed by atoms with van der Waals surface area (Å²) in [7, 11) is 0. The van der Waals surface area contributed by atoms with E-state index >= 15 is 0 Å². The molecule has 0 aromatic heterocycles. The molecule has 14 heavy (non-hydrogen) atoms. The zero-order chi connectivity index (χ0) is 11.2. The van der Waals surface area contributed by atoms with Gasteiger partial charge in [-0.05, 0) is 18.3 Å². The molecule has 0 aliphatic heterocycles. The average molecular weight is 198 g/mol. The molecule has 0 bridgehead atoms. The molecule has 0 aliphatic carbocycles. The Morgan fingerprint density at radius 2 is 1.57 bits per heavy atom. The van der Waals surface area contributed by atoms with Crippen LogP contribution in [0.15, 0.2) is 0 Å². The summed E-state index contributed by atoms with van der Waals surface area (Å²) in [6.45, 7) is 8.16. The van der Waals surface area contributed by atoms with Crippen molar-refractivity contribution >= 4 is 12.6 Å². The summed E-state index contributed by atoms with van der Waals surface area (Å²) in [4.78, 5) is 21.9. The van der Waals surface area contributed by atoms with E-state index in [1.54, 1.807) is 0 Å². The van der Waals surface area contributed by atoms with Crippen LogP contribution >= 0.6 is 0 Å². The Morgan fingerprint density at radius 1 is 1.07 bits per heavy atom. The minimum atomic E-state index is -0.741. The number of hydrogen-bond donors (Lipinski definition) is 0. The summed E-state index contributed by atoms with van der Waals surface area (Å²) < 4.78 is 0. The Balaban J connectivity index is 4.23. The van der Waals surface area contributed by atoms with Gasteiger partial charge in [-0.1, -0.05) is 40.5 Å². The Bertz CT molecular complexity index is 175. The lowest BCUT2D eigenvalue weighted by atomic mass is 9.75. The summed E-state index contributed by atoms with van der Waals surface area (Å²) >= 11 is 0. The Morgan fingerprint density at radius 3 is 1.86 bits per heavy atom. The SMILES string of the molecule is CC(C)CCCC(C=O)(C=O)C(C)C. The van der Waals surface area contributed by atoms with Gasteiger partial charge in [-0.25, -0.2) is 0 Å². The lowest BCUT2D eigenvalue weighted by Gasteiger charge is -2.25. The molecule has 0 heterocycles. The van der Waals surface area contributed by atoms with Crippen LogP contribution in [0.1, 0.15) is 47.0 Å². The molecule has 2 heteroatoms. The maximum absolute atomic E-state index is 10.9. The third-order valence-electron chi connectivity index (χ3n) is 2.91. The molecule has 0 amide bonds. The fourth-order valence-electron chi connectivity index (χ4n) is 1.52. The molecule has 0 aromatic carbocycles. The third-order valence-corrected chi connectivity index (χ3v) is 2.91. The maximum Gasteiger partial charge on any atom is 0.133 e. The van der Waals surface area contributed by atoms with Gasteiger partial charge in [0.1, 0.15) is 12.6 Å². The predicted molar refractivity (Wildman–Crippen MR) is 58.1 cm³/mol. The molecule has 0 N–H and O–H groups in total. The van der Waals surface area contributed by atoms with Crippen LogP contribution in [-0.4, -0.2) is 12.6 Å². The van der Waals surface area contributed by atoms with Crippen molar-refractivity contribution in [3.63, 3.8) is 0 Å². The van der Waals surface area contributed by atoms with Crippen LogP contribution < -0.4 is 0 Å². The summed E-state index contributed by atoms with van der Waals surface area (Å²) in [6.07, 6.45) is 4.37. The molecule has 0 fully saturated rings. The second-order valence-corrected chi connectivity index (χ2v) is 4.79. The second-order valence-electron chi connectivity index (χ2n) is 4.79. The lowest BCUT2D eigenvalue weighted by Crippen LogP contribution is -2.30. The van der Waals surface area contributed by atoms with Crippen LogP contribution in [-0.2, 0) is 9.59 Å². The van der Waals surface area contributed by atoms with Gasteiger partial charge in [-0.3, -0.25) is 0 Å². The molecule has 2 nitrogen and oxygen atoms in total. The summed E-state index contributed by atoms with van der Waals surface area (Å²) in [5.74, 6) is 0.739. The van der Waals surface area contributed by atoms with Crippen LogP contribution in [0.25, 0.3) is 0 Å². The zero-order valence-electron chi connectivity index (χ0n) is 9.75. The van der Waals surface area contributed by atoms with Crippen molar-refractivity contribution in [1.29, 1.82) is 0 Å². The number of aldehydes is 2. The van der Waals surface area contributed by atoms with Gasteiger partial charge in [0.2, 0.25) is 0 Å². The molecule has 0 rings (SSSR count). The molecular formula is C12H22O2. The first-order valence-electron chi connectivity index (χ1n) is 5.41. The van der Waals surface area contributed by atoms with Crippen LogP contribution in [0.3, 0.4) is 0 Å². The number of rotatable bonds is 7. The van der Waals surface area contributed by atoms with Gasteiger partial charge < -0.3 is 9.59 Å². The molecular weight excluding hydrogens is 176 g/mol. The van der Waals surface area contributed by atoms with Crippen molar-refractivity contribution in [2.24, 2.45) is 17.3 Å². The Kier molecular flexibility index (Phi) is 5.66. The monoisotopic (exact) mass is 198 g/mol. The largest absolute Gasteiger partial charge is 0.302 e. The van der Waals surface area contributed by atoms with E-state index in [2.05, 4.69) is 13.8 Å². The van der Waals surface area contributed by atoms with E-state index in [0.29, 0.717) is 12.3 Å². The maximum atomic E-state index is 10.9. The molecule has 0 unspecified atom stereocenters. The van der Waals surface area contributed by atoms with Crippen LogP contribution in [0.5, 0.6) is 0 Å². The standard InChI is InChI=1S/C12H22O2/c1-10(2)6-5-7-12(8-13,9-14)11(3)4/h8-11H,5-7H2,1-4H3. The van der Waals surface area contributed by atoms with Crippen molar-refractivity contribution in [3.8, 4) is 0 Å². The quantitative estimate of drug-likeness (QED) is 0.465. The van der Waals surface area contributed by atoms with E-state index in [1.807, 2.05) is 13.8 Å². The van der Waals surface area contributed by atoms with Gasteiger partial charge in [0, 0.05) is 0 Å². The highest BCUT2D eigenvalue weighted by atomic mass is 16.1. The summed E-state index contributed by atoms with van der Waals surface area (Å²) in [6, 6.07) is 0. The van der Waals surface area contributed by atoms with E-state index < -0.39 is 5.41 Å². The molecule has 0 aliphatic rings. The molecule has 0 saturated heterocycles. The van der Waals surface area contributed by atoms with Crippen LogP contribution in [0, 0.1) is 17.3 Å². The number of hydrogen-bond acceptors (Lipinski definition) is 2. The van der Waals surface area contributed by atoms with Crippen molar-refractivity contribution in [1.82, 2.24) is 0 Å². The molecule has 0 spiro atoms. The van der Waals surface area contributed by atoms with E-state index in [-0.39, 0.29) is 5.92 Å². The first-order chi connectivity index (χ1) is 6.48. The van der Waals surface area contributed by atoms with Gasteiger partial charge in [0.25, 0.3) is 0 Å². The smallest absolute Gasteiger partial charge is 0.133 e. The Hall–Kier alpha value is -0.660. The van der Waals surface area contributed by atoms with Crippen molar-refractivity contribution in [2.45, 2.75) is 47.0 Å². The van der Waals surface area contributed by atoms with Gasteiger partial charge in [0.15, 0.2) is 0 Å². The lowest BCUT2D eigenvalue weighted by molar-refractivity contribution is -0.129. The molecule has 0 aromatic rings. The van der Waals surface area contributed by atoms with Gasteiger partial charge >= 0.3 is 0 Å².